The van der Waals surface area contributed by atoms with Crippen molar-refractivity contribution in [3.05, 3.63) is 88.5 Å². The number of carbonyl (C=O) groups is 1. The summed E-state index contributed by atoms with van der Waals surface area (Å²) in [5.41, 5.74) is 1.65. The van der Waals surface area contributed by atoms with E-state index in [0.717, 1.165) is 5.56 Å². The molecule has 0 spiro atoms. The molecule has 0 bridgehead atoms. The Hall–Kier alpha value is -4.53. The normalized spacial score (nSPS) is 10.5. The van der Waals surface area contributed by atoms with Crippen LogP contribution in [0.2, 0.25) is 0 Å². The second-order valence-corrected chi connectivity index (χ2v) is 6.46. The zero-order valence-electron chi connectivity index (χ0n) is 16.3. The van der Waals surface area contributed by atoms with Gasteiger partial charge < -0.3 is 14.6 Å². The van der Waals surface area contributed by atoms with Gasteiger partial charge in [0.25, 0.3) is 17.5 Å². The molecule has 154 valence electrons. The average Bonchev–Trinajstić information content (AvgIpc) is 3.29. The summed E-state index contributed by atoms with van der Waals surface area (Å²) in [6.07, 6.45) is 0. The van der Waals surface area contributed by atoms with Crippen molar-refractivity contribution in [1.29, 1.82) is 0 Å². The molecule has 9 nitrogen and oxygen atoms in total. The Morgan fingerprint density at radius 1 is 1.06 bits per heavy atom. The minimum absolute atomic E-state index is 0.118. The molecular formula is C22H16N4O5. The van der Waals surface area contributed by atoms with Gasteiger partial charge in [-0.15, -0.1) is 0 Å². The van der Waals surface area contributed by atoms with E-state index < -0.39 is 10.8 Å². The fourth-order valence-corrected chi connectivity index (χ4v) is 2.95. The standard InChI is InChI=1S/C22H16N4O5/c1-30-17-11-9-14(10-12-17)20-24-22(31-25-20)19-8-3-2-7-18(19)21(27)23-15-5-4-6-16(13-15)26(28)29/h2-13H,1H3,(H,23,27). The van der Waals surface area contributed by atoms with Crippen molar-refractivity contribution in [2.24, 2.45) is 0 Å². The Kier molecular flexibility index (Phi) is 5.39. The van der Waals surface area contributed by atoms with Crippen LogP contribution in [-0.4, -0.2) is 28.1 Å². The first-order chi connectivity index (χ1) is 15.0. The minimum atomic E-state index is -0.525. The average molecular weight is 416 g/mol. The second-order valence-electron chi connectivity index (χ2n) is 6.46. The van der Waals surface area contributed by atoms with Crippen LogP contribution in [0.4, 0.5) is 11.4 Å². The molecule has 0 atom stereocenters. The summed E-state index contributed by atoms with van der Waals surface area (Å²) >= 11 is 0. The number of non-ortho nitro benzene ring substituents is 1. The number of anilines is 1. The number of hydrogen-bond donors (Lipinski definition) is 1. The lowest BCUT2D eigenvalue weighted by atomic mass is 10.1. The van der Waals surface area contributed by atoms with E-state index in [1.807, 2.05) is 0 Å². The van der Waals surface area contributed by atoms with E-state index in [-0.39, 0.29) is 11.6 Å². The van der Waals surface area contributed by atoms with Crippen molar-refractivity contribution in [1.82, 2.24) is 10.1 Å². The van der Waals surface area contributed by atoms with Gasteiger partial charge in [0.05, 0.1) is 23.2 Å². The number of nitro benzene ring substituents is 1. The van der Waals surface area contributed by atoms with Gasteiger partial charge >= 0.3 is 0 Å². The molecule has 1 amide bonds. The summed E-state index contributed by atoms with van der Waals surface area (Å²) in [7, 11) is 1.58. The topological polar surface area (TPSA) is 120 Å². The molecule has 0 saturated heterocycles. The predicted molar refractivity (Wildman–Crippen MR) is 113 cm³/mol. The SMILES string of the molecule is COc1ccc(-c2noc(-c3ccccc3C(=O)Nc3cccc([N+](=O)[O-])c3)n2)cc1. The van der Waals surface area contributed by atoms with E-state index in [1.54, 1.807) is 61.7 Å². The number of aromatic nitrogens is 2. The van der Waals surface area contributed by atoms with Gasteiger partial charge in [-0.3, -0.25) is 14.9 Å². The highest BCUT2D eigenvalue weighted by atomic mass is 16.6. The van der Waals surface area contributed by atoms with Crippen LogP contribution in [0.25, 0.3) is 22.8 Å². The van der Waals surface area contributed by atoms with Crippen LogP contribution < -0.4 is 10.1 Å². The molecule has 3 aromatic carbocycles. The van der Waals surface area contributed by atoms with E-state index in [4.69, 9.17) is 9.26 Å². The van der Waals surface area contributed by atoms with Gasteiger partial charge in [-0.1, -0.05) is 23.4 Å². The van der Waals surface area contributed by atoms with Crippen LogP contribution in [0.1, 0.15) is 10.4 Å². The maximum atomic E-state index is 12.9. The molecule has 4 aromatic rings. The maximum Gasteiger partial charge on any atom is 0.271 e. The molecule has 0 aliphatic carbocycles. The van der Waals surface area contributed by atoms with Crippen LogP contribution in [-0.2, 0) is 0 Å². The fourth-order valence-electron chi connectivity index (χ4n) is 2.95. The van der Waals surface area contributed by atoms with Crippen LogP contribution in [0.15, 0.2) is 77.3 Å². The Balaban J connectivity index is 1.61. The Labute approximate surface area is 176 Å². The van der Waals surface area contributed by atoms with Crippen molar-refractivity contribution in [3.63, 3.8) is 0 Å². The lowest BCUT2D eigenvalue weighted by Gasteiger charge is -2.07. The Bertz CT molecular complexity index is 1250. The number of rotatable bonds is 6. The van der Waals surface area contributed by atoms with E-state index in [1.165, 1.54) is 18.2 Å². The molecule has 9 heteroatoms. The first-order valence-corrected chi connectivity index (χ1v) is 9.18. The van der Waals surface area contributed by atoms with Gasteiger partial charge in [0.2, 0.25) is 5.82 Å². The summed E-state index contributed by atoms with van der Waals surface area (Å²) in [5.74, 6) is 0.790. The summed E-state index contributed by atoms with van der Waals surface area (Å²) < 4.78 is 10.5. The Morgan fingerprint density at radius 3 is 2.58 bits per heavy atom. The summed E-state index contributed by atoms with van der Waals surface area (Å²) in [4.78, 5) is 27.7. The van der Waals surface area contributed by atoms with Gasteiger partial charge in [-0.05, 0) is 42.5 Å². The third kappa shape index (κ3) is 4.25. The Morgan fingerprint density at radius 2 is 1.84 bits per heavy atom. The van der Waals surface area contributed by atoms with E-state index in [2.05, 4.69) is 15.5 Å². The third-order valence-electron chi connectivity index (χ3n) is 4.49. The molecule has 0 saturated carbocycles. The van der Waals surface area contributed by atoms with Crippen molar-refractivity contribution >= 4 is 17.3 Å². The molecule has 4 rings (SSSR count). The number of benzene rings is 3. The zero-order chi connectivity index (χ0) is 21.8. The molecule has 0 unspecified atom stereocenters. The van der Waals surface area contributed by atoms with Crippen LogP contribution in [0.5, 0.6) is 5.75 Å². The molecular weight excluding hydrogens is 400 g/mol. The summed E-state index contributed by atoms with van der Waals surface area (Å²) in [5, 5.41) is 17.6. The third-order valence-corrected chi connectivity index (χ3v) is 4.49. The van der Waals surface area contributed by atoms with Crippen molar-refractivity contribution in [2.45, 2.75) is 0 Å². The summed E-state index contributed by atoms with van der Waals surface area (Å²) in [6, 6.07) is 19.6. The maximum absolute atomic E-state index is 12.9. The number of hydrogen-bond acceptors (Lipinski definition) is 7. The van der Waals surface area contributed by atoms with Crippen LogP contribution in [0.3, 0.4) is 0 Å². The lowest BCUT2D eigenvalue weighted by Crippen LogP contribution is -2.13. The van der Waals surface area contributed by atoms with E-state index in [9.17, 15) is 14.9 Å². The number of methoxy groups -OCH3 is 1. The van der Waals surface area contributed by atoms with E-state index in [0.29, 0.717) is 28.4 Å². The van der Waals surface area contributed by atoms with Gasteiger partial charge in [-0.25, -0.2) is 0 Å². The van der Waals surface area contributed by atoms with Crippen LogP contribution in [0, 0.1) is 10.1 Å². The largest absolute Gasteiger partial charge is 0.497 e. The molecule has 0 aliphatic rings. The fraction of sp³-hybridized carbons (Fsp3) is 0.0455. The van der Waals surface area contributed by atoms with Gasteiger partial charge in [0.1, 0.15) is 5.75 Å². The number of ether oxygens (including phenoxy) is 1. The van der Waals surface area contributed by atoms with Crippen molar-refractivity contribution in [2.75, 3.05) is 12.4 Å². The first kappa shape index (κ1) is 19.8. The highest BCUT2D eigenvalue weighted by Crippen LogP contribution is 2.27. The minimum Gasteiger partial charge on any atom is -0.497 e. The highest BCUT2D eigenvalue weighted by Gasteiger charge is 2.19. The second kappa shape index (κ2) is 8.46. The van der Waals surface area contributed by atoms with Gasteiger partial charge in [0, 0.05) is 23.4 Å². The van der Waals surface area contributed by atoms with Gasteiger partial charge in [-0.2, -0.15) is 4.98 Å². The lowest BCUT2D eigenvalue weighted by molar-refractivity contribution is -0.384. The van der Waals surface area contributed by atoms with Gasteiger partial charge in [0.15, 0.2) is 0 Å². The molecule has 1 heterocycles. The number of carbonyl (C=O) groups excluding carboxylic acids is 1. The first-order valence-electron chi connectivity index (χ1n) is 9.18. The smallest absolute Gasteiger partial charge is 0.271 e. The zero-order valence-corrected chi connectivity index (χ0v) is 16.3. The van der Waals surface area contributed by atoms with Crippen molar-refractivity contribution < 1.29 is 19.0 Å². The molecule has 0 radical (unpaired) electrons. The highest BCUT2D eigenvalue weighted by molar-refractivity contribution is 6.08. The quantitative estimate of drug-likeness (QED) is 0.361. The number of amides is 1. The molecule has 0 fully saturated rings. The molecule has 0 aliphatic heterocycles. The predicted octanol–water partition coefficient (Wildman–Crippen LogP) is 4.57. The van der Waals surface area contributed by atoms with Crippen molar-refractivity contribution in [3.8, 4) is 28.6 Å². The summed E-state index contributed by atoms with van der Waals surface area (Å²) in [6.45, 7) is 0. The number of nitrogens with one attached hydrogen (secondary N) is 1. The number of nitrogens with zero attached hydrogens (tertiary/aromatic N) is 3. The van der Waals surface area contributed by atoms with E-state index >= 15 is 0 Å². The molecule has 31 heavy (non-hydrogen) atoms. The monoisotopic (exact) mass is 416 g/mol. The molecule has 1 N–H and O–H groups in total. The molecule has 1 aromatic heterocycles. The van der Waals surface area contributed by atoms with Crippen LogP contribution >= 0.6 is 0 Å². The number of nitro groups is 1.